The van der Waals surface area contributed by atoms with Gasteiger partial charge in [0.05, 0.1) is 6.21 Å². The molecule has 2 rings (SSSR count). The van der Waals surface area contributed by atoms with Gasteiger partial charge < -0.3 is 9.52 Å². The highest BCUT2D eigenvalue weighted by Gasteiger charge is 2.14. The number of nitriles is 1. The molecule has 0 unspecified atom stereocenters. The molecule has 0 aliphatic carbocycles. The van der Waals surface area contributed by atoms with Gasteiger partial charge in [0.15, 0.2) is 0 Å². The van der Waals surface area contributed by atoms with Crippen molar-refractivity contribution in [1.82, 2.24) is 4.98 Å². The van der Waals surface area contributed by atoms with Gasteiger partial charge in [-0.3, -0.25) is 0 Å². The number of oxazole rings is 1. The second-order valence-electron chi connectivity index (χ2n) is 5.37. The molecule has 0 aliphatic heterocycles. The number of anilines is 1. The van der Waals surface area contributed by atoms with Gasteiger partial charge in [-0.2, -0.15) is 10.4 Å². The second kappa shape index (κ2) is 6.31. The van der Waals surface area contributed by atoms with Crippen LogP contribution in [-0.4, -0.2) is 16.3 Å². The van der Waals surface area contributed by atoms with Crippen LogP contribution < -0.4 is 5.43 Å². The molecule has 6 heteroatoms. The molecule has 2 aromatic rings. The summed E-state index contributed by atoms with van der Waals surface area (Å²) >= 11 is 0. The summed E-state index contributed by atoms with van der Waals surface area (Å²) in [5.74, 6) is 1.10. The van der Waals surface area contributed by atoms with E-state index in [1.54, 1.807) is 6.21 Å². The smallest absolute Gasteiger partial charge is 0.252 e. The first-order valence-corrected chi connectivity index (χ1v) is 6.92. The standard InChI is InChI=1S/C16H18N4O2/c1-9(2)15-19-13(7-17)16(22-15)20-18-8-12-5-10(3)14(21)11(4)6-12/h5-6,8-9,20-21H,1-4H3/b18-8+. The Labute approximate surface area is 129 Å². The molecule has 0 saturated carbocycles. The Balaban J connectivity index is 2.18. The van der Waals surface area contributed by atoms with Crippen LogP contribution in [0, 0.1) is 25.2 Å². The average molecular weight is 298 g/mol. The normalized spacial score (nSPS) is 11.1. The molecule has 0 amide bonds. The number of benzene rings is 1. The van der Waals surface area contributed by atoms with Crippen LogP contribution in [-0.2, 0) is 0 Å². The number of nitrogens with zero attached hydrogens (tertiary/aromatic N) is 3. The molecule has 1 aromatic heterocycles. The molecule has 2 N–H and O–H groups in total. The molecule has 114 valence electrons. The summed E-state index contributed by atoms with van der Waals surface area (Å²) in [6.45, 7) is 7.52. The Morgan fingerprint density at radius 3 is 2.55 bits per heavy atom. The quantitative estimate of drug-likeness (QED) is 0.666. The number of rotatable bonds is 4. The van der Waals surface area contributed by atoms with Gasteiger partial charge in [-0.25, -0.2) is 10.4 Å². The Bertz CT molecular complexity index is 731. The maximum Gasteiger partial charge on any atom is 0.252 e. The zero-order valence-corrected chi connectivity index (χ0v) is 13.0. The van der Waals surface area contributed by atoms with Crippen molar-refractivity contribution in [3.63, 3.8) is 0 Å². The molecular weight excluding hydrogens is 280 g/mol. The van der Waals surface area contributed by atoms with Crippen LogP contribution >= 0.6 is 0 Å². The number of phenolic OH excluding ortho intramolecular Hbond substituents is 1. The van der Waals surface area contributed by atoms with E-state index in [9.17, 15) is 5.11 Å². The molecule has 1 heterocycles. The fourth-order valence-corrected chi connectivity index (χ4v) is 1.96. The van der Waals surface area contributed by atoms with E-state index in [4.69, 9.17) is 9.68 Å². The van der Waals surface area contributed by atoms with E-state index in [1.807, 2.05) is 45.9 Å². The predicted octanol–water partition coefficient (Wildman–Crippen LogP) is 3.44. The maximum atomic E-state index is 9.74. The lowest BCUT2D eigenvalue weighted by Crippen LogP contribution is -1.93. The lowest BCUT2D eigenvalue weighted by atomic mass is 10.1. The number of hydrogen-bond acceptors (Lipinski definition) is 6. The Kier molecular flexibility index (Phi) is 4.47. The Hall–Kier alpha value is -2.81. The van der Waals surface area contributed by atoms with E-state index in [0.29, 0.717) is 5.89 Å². The number of hydrazone groups is 1. The maximum absolute atomic E-state index is 9.74. The fraction of sp³-hybridized carbons (Fsp3) is 0.312. The van der Waals surface area contributed by atoms with Crippen LogP contribution in [0.4, 0.5) is 5.88 Å². The van der Waals surface area contributed by atoms with E-state index in [-0.39, 0.29) is 23.2 Å². The van der Waals surface area contributed by atoms with Gasteiger partial charge in [0.1, 0.15) is 11.8 Å². The van der Waals surface area contributed by atoms with Crippen molar-refractivity contribution >= 4 is 12.1 Å². The first-order valence-electron chi connectivity index (χ1n) is 6.92. The second-order valence-corrected chi connectivity index (χ2v) is 5.37. The summed E-state index contributed by atoms with van der Waals surface area (Å²) in [5.41, 5.74) is 5.27. The first kappa shape index (κ1) is 15.6. The highest BCUT2D eigenvalue weighted by atomic mass is 16.4. The number of aromatic nitrogens is 1. The van der Waals surface area contributed by atoms with Crippen LogP contribution in [0.3, 0.4) is 0 Å². The van der Waals surface area contributed by atoms with Gasteiger partial charge in [-0.1, -0.05) is 13.8 Å². The minimum atomic E-state index is 0.0917. The van der Waals surface area contributed by atoms with Gasteiger partial charge in [-0.15, -0.1) is 0 Å². The fourth-order valence-electron chi connectivity index (χ4n) is 1.96. The van der Waals surface area contributed by atoms with Crippen molar-refractivity contribution < 1.29 is 9.52 Å². The van der Waals surface area contributed by atoms with Crippen molar-refractivity contribution in [2.45, 2.75) is 33.6 Å². The van der Waals surface area contributed by atoms with Crippen LogP contribution in [0.5, 0.6) is 5.75 Å². The van der Waals surface area contributed by atoms with E-state index in [0.717, 1.165) is 16.7 Å². The molecule has 0 radical (unpaired) electrons. The SMILES string of the molecule is Cc1cc(/C=N/Nc2oc(C(C)C)nc2C#N)cc(C)c1O. The van der Waals surface area contributed by atoms with Gasteiger partial charge >= 0.3 is 0 Å². The van der Waals surface area contributed by atoms with E-state index < -0.39 is 0 Å². The number of hydrogen-bond donors (Lipinski definition) is 2. The third-order valence-electron chi connectivity index (χ3n) is 3.14. The zero-order chi connectivity index (χ0) is 16.3. The molecule has 1 aromatic carbocycles. The predicted molar refractivity (Wildman–Crippen MR) is 84.1 cm³/mol. The van der Waals surface area contributed by atoms with Crippen molar-refractivity contribution in [3.05, 3.63) is 40.4 Å². The van der Waals surface area contributed by atoms with Crippen LogP contribution in [0.1, 0.15) is 48.0 Å². The Morgan fingerprint density at radius 1 is 1.36 bits per heavy atom. The summed E-state index contributed by atoms with van der Waals surface area (Å²) in [6, 6.07) is 5.61. The van der Waals surface area contributed by atoms with Crippen molar-refractivity contribution in [2.24, 2.45) is 5.10 Å². The number of nitrogens with one attached hydrogen (secondary N) is 1. The lowest BCUT2D eigenvalue weighted by Gasteiger charge is -2.04. The number of phenols is 1. The molecule has 0 fully saturated rings. The molecular formula is C16H18N4O2. The first-order chi connectivity index (χ1) is 10.4. The third-order valence-corrected chi connectivity index (χ3v) is 3.14. The molecule has 6 nitrogen and oxygen atoms in total. The van der Waals surface area contributed by atoms with Gasteiger partial charge in [0.2, 0.25) is 11.6 Å². The summed E-state index contributed by atoms with van der Waals surface area (Å²) in [7, 11) is 0. The molecule has 0 saturated heterocycles. The molecule has 0 bridgehead atoms. The molecule has 0 aliphatic rings. The van der Waals surface area contributed by atoms with E-state index in [2.05, 4.69) is 15.5 Å². The van der Waals surface area contributed by atoms with Crippen LogP contribution in [0.25, 0.3) is 0 Å². The molecule has 22 heavy (non-hydrogen) atoms. The van der Waals surface area contributed by atoms with E-state index in [1.165, 1.54) is 0 Å². The highest BCUT2D eigenvalue weighted by Crippen LogP contribution is 2.23. The van der Waals surface area contributed by atoms with Crippen molar-refractivity contribution in [2.75, 3.05) is 5.43 Å². The minimum Gasteiger partial charge on any atom is -0.507 e. The largest absolute Gasteiger partial charge is 0.507 e. The minimum absolute atomic E-state index is 0.0917. The van der Waals surface area contributed by atoms with Crippen molar-refractivity contribution in [1.29, 1.82) is 5.26 Å². The topological polar surface area (TPSA) is 94.4 Å². The monoisotopic (exact) mass is 298 g/mol. The summed E-state index contributed by atoms with van der Waals surface area (Å²) in [6.07, 6.45) is 1.60. The van der Waals surface area contributed by atoms with Gasteiger partial charge in [0, 0.05) is 5.92 Å². The number of aryl methyl sites for hydroxylation is 2. The third kappa shape index (κ3) is 3.26. The molecule has 0 spiro atoms. The highest BCUT2D eigenvalue weighted by molar-refractivity contribution is 5.81. The Morgan fingerprint density at radius 2 is 2.00 bits per heavy atom. The summed E-state index contributed by atoms with van der Waals surface area (Å²) in [4.78, 5) is 4.10. The van der Waals surface area contributed by atoms with Crippen LogP contribution in [0.2, 0.25) is 0 Å². The van der Waals surface area contributed by atoms with Crippen molar-refractivity contribution in [3.8, 4) is 11.8 Å². The summed E-state index contributed by atoms with van der Waals surface area (Å²) in [5, 5.41) is 22.8. The summed E-state index contributed by atoms with van der Waals surface area (Å²) < 4.78 is 5.47. The molecule has 0 atom stereocenters. The zero-order valence-electron chi connectivity index (χ0n) is 13.0. The van der Waals surface area contributed by atoms with Gasteiger partial charge in [-0.05, 0) is 42.7 Å². The van der Waals surface area contributed by atoms with Crippen LogP contribution in [0.15, 0.2) is 21.7 Å². The lowest BCUT2D eigenvalue weighted by molar-refractivity contribution is 0.467. The van der Waals surface area contributed by atoms with E-state index >= 15 is 0 Å². The number of aromatic hydroxyl groups is 1. The average Bonchev–Trinajstić information content (AvgIpc) is 2.88. The van der Waals surface area contributed by atoms with Gasteiger partial charge in [0.25, 0.3) is 5.88 Å².